The highest BCUT2D eigenvalue weighted by Crippen LogP contribution is 2.25. The molecule has 0 aliphatic heterocycles. The Hall–Kier alpha value is -3.92. The summed E-state index contributed by atoms with van der Waals surface area (Å²) in [4.78, 5) is 25.2. The average molecular weight is 377 g/mol. The number of anilines is 1. The molecule has 2 aromatic carbocycles. The normalized spacial score (nSPS) is 11.2. The molecular weight excluding hydrogens is 361 g/mol. The fourth-order valence-corrected chi connectivity index (χ4v) is 2.94. The number of nitriles is 1. The molecule has 1 amide bonds. The van der Waals surface area contributed by atoms with E-state index >= 15 is 0 Å². The summed E-state index contributed by atoms with van der Waals surface area (Å²) in [5.41, 5.74) is 1.36. The predicted octanol–water partition coefficient (Wildman–Crippen LogP) is 3.43. The maximum Gasteiger partial charge on any atom is 0.323 e. The van der Waals surface area contributed by atoms with Crippen LogP contribution in [0.3, 0.4) is 0 Å². The molecule has 0 saturated heterocycles. The Kier molecular flexibility index (Phi) is 5.23. The molecule has 1 aromatic heterocycles. The van der Waals surface area contributed by atoms with Crippen molar-refractivity contribution in [2.24, 2.45) is 0 Å². The molecule has 3 rings (SSSR count). The maximum atomic E-state index is 13.7. The summed E-state index contributed by atoms with van der Waals surface area (Å²) in [6.07, 6.45) is 2.84. The molecule has 1 N–H and O–H groups in total. The first-order chi connectivity index (χ1) is 13.4. The molecule has 0 radical (unpaired) electrons. The zero-order chi connectivity index (χ0) is 20.3. The minimum atomic E-state index is -1.06. The van der Waals surface area contributed by atoms with E-state index < -0.39 is 17.7 Å². The number of carbonyl (C=O) groups is 2. The first-order valence-corrected chi connectivity index (χ1v) is 8.36. The lowest BCUT2D eigenvalue weighted by Gasteiger charge is -2.16. The number of carboxylic acids is 1. The molecule has 0 unspecified atom stereocenters. The summed E-state index contributed by atoms with van der Waals surface area (Å²) < 4.78 is 15.2. The quantitative estimate of drug-likeness (QED) is 0.545. The van der Waals surface area contributed by atoms with Crippen molar-refractivity contribution in [3.8, 4) is 6.07 Å². The number of benzene rings is 2. The Morgan fingerprint density at radius 1 is 1.25 bits per heavy atom. The maximum absolute atomic E-state index is 13.7. The fourth-order valence-electron chi connectivity index (χ4n) is 2.94. The van der Waals surface area contributed by atoms with Crippen molar-refractivity contribution in [3.05, 3.63) is 71.7 Å². The number of para-hydroxylation sites is 1. The number of halogens is 1. The van der Waals surface area contributed by atoms with Crippen molar-refractivity contribution in [3.63, 3.8) is 0 Å². The molecule has 0 aliphatic carbocycles. The SMILES string of the molecule is CN(C(=O)/C(C#N)=C/c1cn(CC(=O)O)c2ccc(F)cc12)c1ccccc1. The lowest BCUT2D eigenvalue weighted by molar-refractivity contribution is -0.137. The molecule has 0 bridgehead atoms. The molecular formula is C21H16FN3O3. The average Bonchev–Trinajstić information content (AvgIpc) is 3.01. The highest BCUT2D eigenvalue weighted by Gasteiger charge is 2.18. The van der Waals surface area contributed by atoms with Crippen LogP contribution in [0.4, 0.5) is 10.1 Å². The number of carboxylic acid groups (broad SMARTS) is 1. The first kappa shape index (κ1) is 18.9. The Bertz CT molecular complexity index is 1130. The van der Waals surface area contributed by atoms with E-state index in [-0.39, 0.29) is 12.1 Å². The van der Waals surface area contributed by atoms with Gasteiger partial charge in [0, 0.05) is 35.4 Å². The summed E-state index contributed by atoms with van der Waals surface area (Å²) in [5.74, 6) is -2.08. The van der Waals surface area contributed by atoms with E-state index in [4.69, 9.17) is 5.11 Å². The summed E-state index contributed by atoms with van der Waals surface area (Å²) in [5, 5.41) is 19.0. The Labute approximate surface area is 160 Å². The molecule has 140 valence electrons. The number of rotatable bonds is 5. The fraction of sp³-hybridized carbons (Fsp3) is 0.0952. The molecule has 0 spiro atoms. The smallest absolute Gasteiger partial charge is 0.323 e. The number of amides is 1. The molecule has 7 heteroatoms. The van der Waals surface area contributed by atoms with Crippen LogP contribution in [0.1, 0.15) is 5.56 Å². The minimum absolute atomic E-state index is 0.148. The molecule has 0 aliphatic rings. The van der Waals surface area contributed by atoms with Gasteiger partial charge in [-0.25, -0.2) is 4.39 Å². The van der Waals surface area contributed by atoms with Gasteiger partial charge < -0.3 is 14.6 Å². The topological polar surface area (TPSA) is 86.3 Å². The molecule has 0 atom stereocenters. The lowest BCUT2D eigenvalue weighted by Crippen LogP contribution is -2.27. The van der Waals surface area contributed by atoms with Crippen LogP contribution in [-0.2, 0) is 16.1 Å². The zero-order valence-electron chi connectivity index (χ0n) is 15.0. The van der Waals surface area contributed by atoms with Gasteiger partial charge in [0.2, 0.25) is 0 Å². The van der Waals surface area contributed by atoms with Gasteiger partial charge in [0.1, 0.15) is 24.0 Å². The van der Waals surface area contributed by atoms with E-state index in [9.17, 15) is 19.2 Å². The van der Waals surface area contributed by atoms with Gasteiger partial charge in [-0.3, -0.25) is 9.59 Å². The van der Waals surface area contributed by atoms with Crippen LogP contribution in [0.5, 0.6) is 0 Å². The summed E-state index contributed by atoms with van der Waals surface area (Å²) >= 11 is 0. The van der Waals surface area contributed by atoms with Crippen molar-refractivity contribution in [2.75, 3.05) is 11.9 Å². The van der Waals surface area contributed by atoms with Crippen molar-refractivity contribution in [1.29, 1.82) is 5.26 Å². The van der Waals surface area contributed by atoms with Crippen LogP contribution in [0.2, 0.25) is 0 Å². The molecule has 0 saturated carbocycles. The zero-order valence-corrected chi connectivity index (χ0v) is 15.0. The van der Waals surface area contributed by atoms with Crippen molar-refractivity contribution in [2.45, 2.75) is 6.54 Å². The number of hydrogen-bond acceptors (Lipinski definition) is 3. The summed E-state index contributed by atoms with van der Waals surface area (Å²) in [6, 6.07) is 14.7. The summed E-state index contributed by atoms with van der Waals surface area (Å²) in [7, 11) is 1.55. The van der Waals surface area contributed by atoms with Crippen LogP contribution in [0.15, 0.2) is 60.3 Å². The van der Waals surface area contributed by atoms with Gasteiger partial charge in [0.05, 0.1) is 0 Å². The Morgan fingerprint density at radius 2 is 1.96 bits per heavy atom. The lowest BCUT2D eigenvalue weighted by atomic mass is 10.1. The van der Waals surface area contributed by atoms with E-state index in [0.717, 1.165) is 0 Å². The highest BCUT2D eigenvalue weighted by atomic mass is 19.1. The third-order valence-corrected chi connectivity index (χ3v) is 4.28. The largest absolute Gasteiger partial charge is 0.480 e. The van der Waals surface area contributed by atoms with E-state index in [1.54, 1.807) is 31.3 Å². The van der Waals surface area contributed by atoms with Crippen LogP contribution < -0.4 is 4.90 Å². The second kappa shape index (κ2) is 7.76. The monoisotopic (exact) mass is 377 g/mol. The van der Waals surface area contributed by atoms with Crippen molar-refractivity contribution in [1.82, 2.24) is 4.57 Å². The number of aromatic nitrogens is 1. The molecule has 3 aromatic rings. The Balaban J connectivity index is 2.06. The second-order valence-electron chi connectivity index (χ2n) is 6.14. The third kappa shape index (κ3) is 3.76. The van der Waals surface area contributed by atoms with Gasteiger partial charge in [-0.15, -0.1) is 0 Å². The van der Waals surface area contributed by atoms with Gasteiger partial charge in [0.15, 0.2) is 0 Å². The van der Waals surface area contributed by atoms with Gasteiger partial charge in [0.25, 0.3) is 5.91 Å². The number of carbonyl (C=O) groups excluding carboxylic acids is 1. The van der Waals surface area contributed by atoms with E-state index in [0.29, 0.717) is 22.2 Å². The van der Waals surface area contributed by atoms with Crippen molar-refractivity contribution < 1.29 is 19.1 Å². The van der Waals surface area contributed by atoms with Gasteiger partial charge in [-0.05, 0) is 36.4 Å². The van der Waals surface area contributed by atoms with Gasteiger partial charge in [-0.1, -0.05) is 18.2 Å². The van der Waals surface area contributed by atoms with Crippen LogP contribution >= 0.6 is 0 Å². The second-order valence-corrected chi connectivity index (χ2v) is 6.14. The number of aliphatic carboxylic acids is 1. The van der Waals surface area contributed by atoms with Gasteiger partial charge in [-0.2, -0.15) is 5.26 Å². The first-order valence-electron chi connectivity index (χ1n) is 8.36. The van der Waals surface area contributed by atoms with Crippen LogP contribution in [0.25, 0.3) is 17.0 Å². The minimum Gasteiger partial charge on any atom is -0.480 e. The molecule has 0 fully saturated rings. The number of fused-ring (bicyclic) bond motifs is 1. The Morgan fingerprint density at radius 3 is 2.61 bits per heavy atom. The standard InChI is InChI=1S/C21H16FN3O3/c1-24(17-5-3-2-4-6-17)21(28)14(11-23)9-15-12-25(13-20(26)27)19-8-7-16(22)10-18(15)19/h2-10,12H,13H2,1H3,(H,26,27)/b14-9+. The van der Waals surface area contributed by atoms with Gasteiger partial charge >= 0.3 is 5.97 Å². The van der Waals surface area contributed by atoms with E-state index in [1.165, 1.54) is 39.9 Å². The number of nitrogens with zero attached hydrogens (tertiary/aromatic N) is 3. The third-order valence-electron chi connectivity index (χ3n) is 4.28. The number of hydrogen-bond donors (Lipinski definition) is 1. The van der Waals surface area contributed by atoms with E-state index in [2.05, 4.69) is 0 Å². The van der Waals surface area contributed by atoms with E-state index in [1.807, 2.05) is 12.1 Å². The molecule has 28 heavy (non-hydrogen) atoms. The molecule has 1 heterocycles. The predicted molar refractivity (Wildman–Crippen MR) is 103 cm³/mol. The highest BCUT2D eigenvalue weighted by molar-refractivity contribution is 6.11. The van der Waals surface area contributed by atoms with Crippen LogP contribution in [-0.4, -0.2) is 28.6 Å². The summed E-state index contributed by atoms with van der Waals surface area (Å²) in [6.45, 7) is -0.324. The van der Waals surface area contributed by atoms with Crippen LogP contribution in [0, 0.1) is 17.1 Å². The number of likely N-dealkylation sites (N-methyl/N-ethyl adjacent to an activating group) is 1. The molecule has 6 nitrogen and oxygen atoms in total. The van der Waals surface area contributed by atoms with Crippen molar-refractivity contribution >= 4 is 34.5 Å².